The molecule has 0 aliphatic rings. The highest BCUT2D eigenvalue weighted by atomic mass is 14.8. The number of nitrogen functional groups attached to an aromatic ring is 1. The highest BCUT2D eigenvalue weighted by molar-refractivity contribution is 5.87. The van der Waals surface area contributed by atoms with Gasteiger partial charge in [0.1, 0.15) is 5.82 Å². The van der Waals surface area contributed by atoms with Crippen LogP contribution >= 0.6 is 0 Å². The molecule has 0 unspecified atom stereocenters. The third kappa shape index (κ3) is 2.24. The van der Waals surface area contributed by atoms with Crippen LogP contribution in [0.2, 0.25) is 0 Å². The van der Waals surface area contributed by atoms with Crippen LogP contribution in [0.5, 0.6) is 0 Å². The van der Waals surface area contributed by atoms with Crippen LogP contribution in [0.1, 0.15) is 11.1 Å². The molecule has 3 heteroatoms. The number of rotatable bonds is 2. The molecule has 100 valence electrons. The summed E-state index contributed by atoms with van der Waals surface area (Å²) in [5.41, 5.74) is 17.0. The number of hydrogen-bond donors (Lipinski definition) is 2. The number of nitrogens with zero attached hydrogens (tertiary/aromatic N) is 1. The molecule has 0 saturated carbocycles. The van der Waals surface area contributed by atoms with Crippen LogP contribution in [-0.4, -0.2) is 4.98 Å². The van der Waals surface area contributed by atoms with Crippen molar-refractivity contribution in [1.29, 1.82) is 0 Å². The third-order valence-corrected chi connectivity index (χ3v) is 3.53. The number of aromatic nitrogens is 1. The van der Waals surface area contributed by atoms with Crippen molar-refractivity contribution in [3.05, 3.63) is 59.7 Å². The summed E-state index contributed by atoms with van der Waals surface area (Å²) in [6.45, 7) is 2.60. The van der Waals surface area contributed by atoms with E-state index in [0.29, 0.717) is 12.4 Å². The molecule has 1 heterocycles. The Kier molecular flexibility index (Phi) is 3.12. The summed E-state index contributed by atoms with van der Waals surface area (Å²) in [7, 11) is 0. The van der Waals surface area contributed by atoms with Gasteiger partial charge in [-0.2, -0.15) is 0 Å². The Hall–Kier alpha value is -2.39. The van der Waals surface area contributed by atoms with E-state index in [0.717, 1.165) is 33.2 Å². The summed E-state index contributed by atoms with van der Waals surface area (Å²) >= 11 is 0. The van der Waals surface area contributed by atoms with Crippen LogP contribution in [0.4, 0.5) is 5.82 Å². The molecular formula is C17H17N3. The first kappa shape index (κ1) is 12.6. The van der Waals surface area contributed by atoms with Gasteiger partial charge in [0.2, 0.25) is 0 Å². The van der Waals surface area contributed by atoms with Crippen molar-refractivity contribution in [3.63, 3.8) is 0 Å². The summed E-state index contributed by atoms with van der Waals surface area (Å²) in [6.07, 6.45) is 0. The van der Waals surface area contributed by atoms with Crippen LogP contribution in [0, 0.1) is 6.92 Å². The zero-order valence-corrected chi connectivity index (χ0v) is 11.4. The third-order valence-electron chi connectivity index (χ3n) is 3.53. The summed E-state index contributed by atoms with van der Waals surface area (Å²) in [4.78, 5) is 4.42. The summed E-state index contributed by atoms with van der Waals surface area (Å²) in [6, 6.07) is 16.4. The zero-order chi connectivity index (χ0) is 14.1. The van der Waals surface area contributed by atoms with Crippen LogP contribution in [0.3, 0.4) is 0 Å². The average molecular weight is 263 g/mol. The molecule has 4 N–H and O–H groups in total. The van der Waals surface area contributed by atoms with E-state index >= 15 is 0 Å². The number of aryl methyl sites for hydroxylation is 1. The fraction of sp³-hybridized carbons (Fsp3) is 0.118. The number of nitrogens with two attached hydrogens (primary N) is 2. The van der Waals surface area contributed by atoms with E-state index in [1.54, 1.807) is 0 Å². The molecule has 0 bridgehead atoms. The Bertz CT molecular complexity index is 778. The van der Waals surface area contributed by atoms with Crippen LogP contribution < -0.4 is 11.5 Å². The smallest absolute Gasteiger partial charge is 0.124 e. The molecule has 2 aromatic carbocycles. The molecule has 0 fully saturated rings. The second-order valence-electron chi connectivity index (χ2n) is 5.00. The second-order valence-corrected chi connectivity index (χ2v) is 5.00. The predicted molar refractivity (Wildman–Crippen MR) is 84.2 cm³/mol. The lowest BCUT2D eigenvalue weighted by Gasteiger charge is -2.08. The Morgan fingerprint density at radius 1 is 1.00 bits per heavy atom. The van der Waals surface area contributed by atoms with Crippen molar-refractivity contribution in [2.45, 2.75) is 13.5 Å². The van der Waals surface area contributed by atoms with E-state index < -0.39 is 0 Å². The number of hydrogen-bond acceptors (Lipinski definition) is 3. The Morgan fingerprint density at radius 3 is 2.60 bits per heavy atom. The molecule has 0 atom stereocenters. The van der Waals surface area contributed by atoms with Gasteiger partial charge in [-0.1, -0.05) is 30.3 Å². The standard InChI is InChI=1S/C17H17N3/c1-11-7-17(19)20-16-9-14(5-6-15(11)16)13-4-2-3-12(8-13)10-18/h2-9H,10,18H2,1H3,(H2,19,20). The molecule has 20 heavy (non-hydrogen) atoms. The number of benzene rings is 2. The Labute approximate surface area is 118 Å². The maximum Gasteiger partial charge on any atom is 0.124 e. The van der Waals surface area contributed by atoms with E-state index in [1.165, 1.54) is 0 Å². The van der Waals surface area contributed by atoms with Crippen molar-refractivity contribution < 1.29 is 0 Å². The first-order valence-electron chi connectivity index (χ1n) is 6.63. The van der Waals surface area contributed by atoms with Gasteiger partial charge in [-0.25, -0.2) is 4.98 Å². The fourth-order valence-corrected chi connectivity index (χ4v) is 2.49. The van der Waals surface area contributed by atoms with Gasteiger partial charge in [0.05, 0.1) is 5.52 Å². The average Bonchev–Trinajstić information content (AvgIpc) is 2.46. The molecule has 0 saturated heterocycles. The van der Waals surface area contributed by atoms with Gasteiger partial charge >= 0.3 is 0 Å². The van der Waals surface area contributed by atoms with Crippen molar-refractivity contribution in [2.75, 3.05) is 5.73 Å². The van der Waals surface area contributed by atoms with Gasteiger partial charge in [0.15, 0.2) is 0 Å². The predicted octanol–water partition coefficient (Wildman–Crippen LogP) is 3.25. The van der Waals surface area contributed by atoms with Gasteiger partial charge in [-0.3, -0.25) is 0 Å². The van der Waals surface area contributed by atoms with E-state index in [-0.39, 0.29) is 0 Å². The number of anilines is 1. The lowest BCUT2D eigenvalue weighted by Crippen LogP contribution is -1.96. The van der Waals surface area contributed by atoms with Crippen molar-refractivity contribution >= 4 is 16.7 Å². The zero-order valence-electron chi connectivity index (χ0n) is 11.4. The lowest BCUT2D eigenvalue weighted by molar-refractivity contribution is 1.07. The molecule has 0 aliphatic heterocycles. The van der Waals surface area contributed by atoms with E-state index in [1.807, 2.05) is 18.2 Å². The fourth-order valence-electron chi connectivity index (χ4n) is 2.49. The van der Waals surface area contributed by atoms with Crippen molar-refractivity contribution in [1.82, 2.24) is 4.98 Å². The minimum Gasteiger partial charge on any atom is -0.384 e. The van der Waals surface area contributed by atoms with E-state index in [2.05, 4.69) is 42.2 Å². The van der Waals surface area contributed by atoms with E-state index in [9.17, 15) is 0 Å². The normalized spacial score (nSPS) is 10.9. The van der Waals surface area contributed by atoms with E-state index in [4.69, 9.17) is 11.5 Å². The highest BCUT2D eigenvalue weighted by Crippen LogP contribution is 2.26. The maximum atomic E-state index is 5.83. The highest BCUT2D eigenvalue weighted by Gasteiger charge is 2.04. The van der Waals surface area contributed by atoms with Gasteiger partial charge in [0.25, 0.3) is 0 Å². The van der Waals surface area contributed by atoms with Gasteiger partial charge in [-0.15, -0.1) is 0 Å². The largest absolute Gasteiger partial charge is 0.384 e. The first-order chi connectivity index (χ1) is 9.67. The molecule has 0 amide bonds. The summed E-state index contributed by atoms with van der Waals surface area (Å²) in [5.74, 6) is 0.558. The van der Waals surface area contributed by atoms with Gasteiger partial charge in [-0.05, 0) is 47.4 Å². The van der Waals surface area contributed by atoms with Crippen molar-refractivity contribution in [2.24, 2.45) is 5.73 Å². The molecule has 0 spiro atoms. The molecule has 3 rings (SSSR count). The SMILES string of the molecule is Cc1cc(N)nc2cc(-c3cccc(CN)c3)ccc12. The number of pyridine rings is 1. The Balaban J connectivity index is 2.17. The topological polar surface area (TPSA) is 64.9 Å². The molecular weight excluding hydrogens is 246 g/mol. The first-order valence-corrected chi connectivity index (χ1v) is 6.63. The molecule has 0 radical (unpaired) electrons. The minimum absolute atomic E-state index is 0.547. The second kappa shape index (κ2) is 4.94. The van der Waals surface area contributed by atoms with Crippen LogP contribution in [-0.2, 0) is 6.54 Å². The summed E-state index contributed by atoms with van der Waals surface area (Å²) in [5, 5.41) is 1.14. The molecule has 3 nitrogen and oxygen atoms in total. The van der Waals surface area contributed by atoms with Crippen molar-refractivity contribution in [3.8, 4) is 11.1 Å². The van der Waals surface area contributed by atoms with Gasteiger partial charge < -0.3 is 11.5 Å². The van der Waals surface area contributed by atoms with Crippen LogP contribution in [0.25, 0.3) is 22.0 Å². The maximum absolute atomic E-state index is 5.83. The number of fused-ring (bicyclic) bond motifs is 1. The monoisotopic (exact) mass is 263 g/mol. The molecule has 0 aliphatic carbocycles. The quantitative estimate of drug-likeness (QED) is 0.746. The Morgan fingerprint density at radius 2 is 1.80 bits per heavy atom. The van der Waals surface area contributed by atoms with Crippen LogP contribution in [0.15, 0.2) is 48.5 Å². The van der Waals surface area contributed by atoms with Gasteiger partial charge in [0, 0.05) is 11.9 Å². The minimum atomic E-state index is 0.547. The summed E-state index contributed by atoms with van der Waals surface area (Å²) < 4.78 is 0. The molecule has 1 aromatic heterocycles. The molecule has 3 aromatic rings. The lowest BCUT2D eigenvalue weighted by atomic mass is 10.0.